The summed E-state index contributed by atoms with van der Waals surface area (Å²) in [5.41, 5.74) is 5.64. The van der Waals surface area contributed by atoms with E-state index in [1.165, 1.54) is 0 Å². The highest BCUT2D eigenvalue weighted by Crippen LogP contribution is 2.18. The number of hydrazone groups is 1. The number of rotatable bonds is 3. The Hall–Kier alpha value is -2.50. The molecule has 1 N–H and O–H groups in total. The monoisotopic (exact) mass is 312 g/mol. The Balaban J connectivity index is 1.78. The summed E-state index contributed by atoms with van der Waals surface area (Å²) in [6.07, 6.45) is 2.54. The summed E-state index contributed by atoms with van der Waals surface area (Å²) in [7, 11) is 0. The number of amides is 1. The molecule has 0 saturated heterocycles. The minimum atomic E-state index is -0.277. The summed E-state index contributed by atoms with van der Waals surface area (Å²) < 4.78 is 2.10. The molecule has 0 atom stereocenters. The Kier molecular flexibility index (Phi) is 4.23. The standard InChI is InChI=1S/C17H20N4O2/c1-3-21-11(2)18-15-9-12(7-8-16(15)21)17(23)20-19-13-5-4-6-14(22)10-13/h7-9H,3-6,10H2,1-2H3,(H,20,23). The number of Topliss-reactive ketones (excluding diaryl/α,β-unsaturated/α-hetero) is 1. The van der Waals surface area contributed by atoms with Crippen molar-refractivity contribution in [1.29, 1.82) is 0 Å². The molecule has 1 amide bonds. The number of carbonyl (C=O) groups is 2. The number of hydrogen-bond donors (Lipinski definition) is 1. The van der Waals surface area contributed by atoms with Crippen molar-refractivity contribution in [3.63, 3.8) is 0 Å². The van der Waals surface area contributed by atoms with Gasteiger partial charge in [0.25, 0.3) is 5.91 Å². The zero-order valence-electron chi connectivity index (χ0n) is 13.4. The second-order valence-electron chi connectivity index (χ2n) is 5.79. The third kappa shape index (κ3) is 3.16. The van der Waals surface area contributed by atoms with Crippen molar-refractivity contribution < 1.29 is 9.59 Å². The number of nitrogens with one attached hydrogen (secondary N) is 1. The summed E-state index contributed by atoms with van der Waals surface area (Å²) in [5.74, 6) is 0.841. The maximum atomic E-state index is 12.2. The van der Waals surface area contributed by atoms with Gasteiger partial charge in [-0.2, -0.15) is 5.10 Å². The van der Waals surface area contributed by atoms with Crippen molar-refractivity contribution in [3.05, 3.63) is 29.6 Å². The van der Waals surface area contributed by atoms with Crippen LogP contribution in [0, 0.1) is 6.92 Å². The van der Waals surface area contributed by atoms with E-state index in [0.717, 1.165) is 42.0 Å². The molecule has 1 aliphatic carbocycles. The van der Waals surface area contributed by atoms with Crippen LogP contribution >= 0.6 is 0 Å². The molecule has 0 radical (unpaired) electrons. The predicted molar refractivity (Wildman–Crippen MR) is 88.5 cm³/mol. The van der Waals surface area contributed by atoms with Crippen LogP contribution in [-0.4, -0.2) is 27.0 Å². The van der Waals surface area contributed by atoms with Gasteiger partial charge in [-0.15, -0.1) is 0 Å². The van der Waals surface area contributed by atoms with Crippen molar-refractivity contribution in [2.75, 3.05) is 0 Å². The smallest absolute Gasteiger partial charge is 0.271 e. The number of aromatic nitrogens is 2. The minimum Gasteiger partial charge on any atom is -0.329 e. The molecule has 6 nitrogen and oxygen atoms in total. The van der Waals surface area contributed by atoms with Crippen LogP contribution in [0.4, 0.5) is 0 Å². The highest BCUT2D eigenvalue weighted by Gasteiger charge is 2.15. The molecule has 0 spiro atoms. The Bertz CT molecular complexity index is 804. The van der Waals surface area contributed by atoms with Crippen LogP contribution in [-0.2, 0) is 11.3 Å². The van der Waals surface area contributed by atoms with Crippen LogP contribution in [0.3, 0.4) is 0 Å². The molecule has 1 heterocycles. The van der Waals surface area contributed by atoms with E-state index in [0.29, 0.717) is 18.4 Å². The van der Waals surface area contributed by atoms with Crippen LogP contribution in [0.5, 0.6) is 0 Å². The van der Waals surface area contributed by atoms with E-state index >= 15 is 0 Å². The van der Waals surface area contributed by atoms with E-state index in [2.05, 4.69) is 27.0 Å². The van der Waals surface area contributed by atoms with Gasteiger partial charge in [0.1, 0.15) is 11.6 Å². The fraction of sp³-hybridized carbons (Fsp3) is 0.412. The maximum absolute atomic E-state index is 12.2. The number of aryl methyl sites for hydroxylation is 2. The number of fused-ring (bicyclic) bond motifs is 1. The Morgan fingerprint density at radius 1 is 1.39 bits per heavy atom. The number of benzene rings is 1. The summed E-state index contributed by atoms with van der Waals surface area (Å²) >= 11 is 0. The molecule has 120 valence electrons. The lowest BCUT2D eigenvalue weighted by atomic mass is 9.97. The lowest BCUT2D eigenvalue weighted by Gasteiger charge is -2.11. The summed E-state index contributed by atoms with van der Waals surface area (Å²) in [6, 6.07) is 5.46. The molecule has 0 aliphatic heterocycles. The maximum Gasteiger partial charge on any atom is 0.271 e. The number of carbonyl (C=O) groups excluding carboxylic acids is 2. The van der Waals surface area contributed by atoms with Gasteiger partial charge in [-0.05, 0) is 44.9 Å². The summed E-state index contributed by atoms with van der Waals surface area (Å²) in [6.45, 7) is 4.86. The number of nitrogens with zero attached hydrogens (tertiary/aromatic N) is 3. The fourth-order valence-electron chi connectivity index (χ4n) is 2.97. The average molecular weight is 312 g/mol. The predicted octanol–water partition coefficient (Wildman–Crippen LogP) is 2.59. The largest absolute Gasteiger partial charge is 0.329 e. The molecular formula is C17H20N4O2. The lowest BCUT2D eigenvalue weighted by Crippen LogP contribution is -2.22. The first-order chi connectivity index (χ1) is 11.1. The quantitative estimate of drug-likeness (QED) is 0.885. The molecule has 3 rings (SSSR count). The third-order valence-electron chi connectivity index (χ3n) is 4.16. The van der Waals surface area contributed by atoms with Crippen molar-refractivity contribution in [1.82, 2.24) is 15.0 Å². The average Bonchev–Trinajstić information content (AvgIpc) is 2.86. The van der Waals surface area contributed by atoms with Crippen LogP contribution in [0.15, 0.2) is 23.3 Å². The van der Waals surface area contributed by atoms with Gasteiger partial charge >= 0.3 is 0 Å². The summed E-state index contributed by atoms with van der Waals surface area (Å²) in [4.78, 5) is 28.1. The summed E-state index contributed by atoms with van der Waals surface area (Å²) in [5, 5.41) is 4.10. The van der Waals surface area contributed by atoms with Gasteiger partial charge in [-0.25, -0.2) is 10.4 Å². The highest BCUT2D eigenvalue weighted by atomic mass is 16.2. The minimum absolute atomic E-state index is 0.186. The number of imidazole rings is 1. The Labute approximate surface area is 134 Å². The van der Waals surface area contributed by atoms with Gasteiger partial charge in [0, 0.05) is 30.7 Å². The van der Waals surface area contributed by atoms with Crippen LogP contribution in [0.2, 0.25) is 0 Å². The molecule has 0 unspecified atom stereocenters. The normalized spacial score (nSPS) is 17.0. The van der Waals surface area contributed by atoms with E-state index in [1.807, 2.05) is 13.0 Å². The van der Waals surface area contributed by atoms with E-state index in [1.54, 1.807) is 12.1 Å². The molecule has 1 saturated carbocycles. The highest BCUT2D eigenvalue weighted by molar-refractivity contribution is 6.05. The van der Waals surface area contributed by atoms with E-state index < -0.39 is 0 Å². The number of hydrogen-bond acceptors (Lipinski definition) is 4. The molecule has 1 aromatic carbocycles. The van der Waals surface area contributed by atoms with Gasteiger partial charge in [0.15, 0.2) is 0 Å². The van der Waals surface area contributed by atoms with Gasteiger partial charge in [-0.3, -0.25) is 9.59 Å². The van der Waals surface area contributed by atoms with Crippen molar-refractivity contribution in [2.24, 2.45) is 5.10 Å². The van der Waals surface area contributed by atoms with Gasteiger partial charge in [-0.1, -0.05) is 0 Å². The zero-order valence-corrected chi connectivity index (χ0v) is 13.4. The second kappa shape index (κ2) is 6.32. The van der Waals surface area contributed by atoms with E-state index in [4.69, 9.17) is 0 Å². The topological polar surface area (TPSA) is 76.3 Å². The molecule has 6 heteroatoms. The first-order valence-corrected chi connectivity index (χ1v) is 7.93. The van der Waals surface area contributed by atoms with Crippen LogP contribution in [0.25, 0.3) is 11.0 Å². The SMILES string of the molecule is CCn1c(C)nc2cc(C(=O)NN=C3CCCC(=O)C3)ccc21. The van der Waals surface area contributed by atoms with Crippen LogP contribution in [0.1, 0.15) is 48.8 Å². The number of ketones is 1. The van der Waals surface area contributed by atoms with Gasteiger partial charge < -0.3 is 4.57 Å². The third-order valence-corrected chi connectivity index (χ3v) is 4.16. The van der Waals surface area contributed by atoms with Crippen molar-refractivity contribution in [3.8, 4) is 0 Å². The van der Waals surface area contributed by atoms with Gasteiger partial charge in [0.05, 0.1) is 11.0 Å². The Morgan fingerprint density at radius 2 is 2.22 bits per heavy atom. The van der Waals surface area contributed by atoms with Crippen molar-refractivity contribution >= 4 is 28.4 Å². The molecule has 1 aromatic heterocycles. The second-order valence-corrected chi connectivity index (χ2v) is 5.79. The molecular weight excluding hydrogens is 292 g/mol. The molecule has 23 heavy (non-hydrogen) atoms. The zero-order chi connectivity index (χ0) is 16.4. The molecule has 0 bridgehead atoms. The Morgan fingerprint density at radius 3 is 2.96 bits per heavy atom. The molecule has 1 fully saturated rings. The first-order valence-electron chi connectivity index (χ1n) is 7.93. The van der Waals surface area contributed by atoms with E-state index in [-0.39, 0.29) is 11.7 Å². The first kappa shape index (κ1) is 15.4. The molecule has 2 aromatic rings. The molecule has 1 aliphatic rings. The van der Waals surface area contributed by atoms with Gasteiger partial charge in [0.2, 0.25) is 0 Å². The van der Waals surface area contributed by atoms with Crippen LogP contribution < -0.4 is 5.43 Å². The van der Waals surface area contributed by atoms with Crippen molar-refractivity contribution in [2.45, 2.75) is 46.1 Å². The lowest BCUT2D eigenvalue weighted by molar-refractivity contribution is -0.118. The fourth-order valence-corrected chi connectivity index (χ4v) is 2.97. The van der Waals surface area contributed by atoms with E-state index in [9.17, 15) is 9.59 Å².